The first kappa shape index (κ1) is 9.26. The Morgan fingerprint density at radius 1 is 1.58 bits per heavy atom. The summed E-state index contributed by atoms with van der Waals surface area (Å²) in [5.74, 6) is 0.676. The number of hydrogen-bond donors (Lipinski definition) is 1. The van der Waals surface area contributed by atoms with E-state index in [1.807, 2.05) is 5.38 Å². The molecule has 0 aliphatic carbocycles. The lowest BCUT2D eigenvalue weighted by Crippen LogP contribution is -2.14. The molecule has 1 aromatic rings. The van der Waals surface area contributed by atoms with Crippen LogP contribution in [0.1, 0.15) is 24.5 Å². The third-order valence-electron chi connectivity index (χ3n) is 1.64. The van der Waals surface area contributed by atoms with Gasteiger partial charge in [-0.25, -0.2) is 0 Å². The minimum absolute atomic E-state index is 0.676. The van der Waals surface area contributed by atoms with E-state index in [1.165, 1.54) is 5.56 Å². The number of aliphatic imine (C=N–C) groups is 1. The lowest BCUT2D eigenvalue weighted by molar-refractivity contribution is 0.930. The van der Waals surface area contributed by atoms with Crippen LogP contribution in [0.3, 0.4) is 0 Å². The Kier molecular flexibility index (Phi) is 3.29. The maximum atomic E-state index is 5.78. The summed E-state index contributed by atoms with van der Waals surface area (Å²) < 4.78 is 0. The number of hydrogen-bond acceptors (Lipinski definition) is 2. The fourth-order valence-electron chi connectivity index (χ4n) is 0.940. The Bertz CT molecular complexity index is 276. The number of nitrogens with zero attached hydrogens (tertiary/aromatic N) is 1. The number of rotatable bonds is 3. The van der Waals surface area contributed by atoms with Crippen molar-refractivity contribution in [1.29, 1.82) is 0 Å². The molecule has 0 saturated carbocycles. The second-order valence-corrected chi connectivity index (χ2v) is 3.48. The SMILES string of the molecule is CCCN=C(N)c1cscc1C. The first-order chi connectivity index (χ1) is 5.75. The minimum atomic E-state index is 0.676. The van der Waals surface area contributed by atoms with Crippen LogP contribution in [-0.4, -0.2) is 12.4 Å². The molecule has 66 valence electrons. The van der Waals surface area contributed by atoms with E-state index in [0.717, 1.165) is 18.5 Å². The molecule has 1 rings (SSSR count). The molecule has 0 radical (unpaired) electrons. The molecular weight excluding hydrogens is 168 g/mol. The highest BCUT2D eigenvalue weighted by molar-refractivity contribution is 7.08. The molecular formula is C9H14N2S. The van der Waals surface area contributed by atoms with Crippen molar-refractivity contribution in [3.8, 4) is 0 Å². The van der Waals surface area contributed by atoms with E-state index >= 15 is 0 Å². The zero-order valence-electron chi connectivity index (χ0n) is 7.50. The molecule has 2 nitrogen and oxygen atoms in total. The number of amidine groups is 1. The lowest BCUT2D eigenvalue weighted by atomic mass is 10.2. The van der Waals surface area contributed by atoms with Crippen LogP contribution in [0.25, 0.3) is 0 Å². The molecule has 0 atom stereocenters. The monoisotopic (exact) mass is 182 g/mol. The molecule has 1 aromatic heterocycles. The zero-order chi connectivity index (χ0) is 8.97. The Labute approximate surface area is 77.1 Å². The number of nitrogens with two attached hydrogens (primary N) is 1. The molecule has 0 aliphatic rings. The normalized spacial score (nSPS) is 12.0. The Hall–Kier alpha value is -0.830. The molecule has 0 bridgehead atoms. The maximum absolute atomic E-state index is 5.78. The van der Waals surface area contributed by atoms with Crippen molar-refractivity contribution in [2.24, 2.45) is 10.7 Å². The molecule has 12 heavy (non-hydrogen) atoms. The summed E-state index contributed by atoms with van der Waals surface area (Å²) in [4.78, 5) is 4.25. The number of thiophene rings is 1. The van der Waals surface area contributed by atoms with E-state index in [2.05, 4.69) is 24.2 Å². The smallest absolute Gasteiger partial charge is 0.126 e. The van der Waals surface area contributed by atoms with Crippen LogP contribution < -0.4 is 5.73 Å². The van der Waals surface area contributed by atoms with Crippen LogP contribution in [0.2, 0.25) is 0 Å². The fraction of sp³-hybridized carbons (Fsp3) is 0.444. The van der Waals surface area contributed by atoms with E-state index in [-0.39, 0.29) is 0 Å². The first-order valence-electron chi connectivity index (χ1n) is 4.08. The highest BCUT2D eigenvalue weighted by Crippen LogP contribution is 2.12. The first-order valence-corrected chi connectivity index (χ1v) is 5.03. The van der Waals surface area contributed by atoms with Gasteiger partial charge in [-0.3, -0.25) is 4.99 Å². The van der Waals surface area contributed by atoms with Gasteiger partial charge >= 0.3 is 0 Å². The van der Waals surface area contributed by atoms with Gasteiger partial charge in [0, 0.05) is 17.5 Å². The molecule has 2 N–H and O–H groups in total. The highest BCUT2D eigenvalue weighted by Gasteiger charge is 2.01. The second kappa shape index (κ2) is 4.26. The van der Waals surface area contributed by atoms with Gasteiger partial charge in [-0.1, -0.05) is 6.92 Å². The quantitative estimate of drug-likeness (QED) is 0.564. The van der Waals surface area contributed by atoms with Gasteiger partial charge in [0.15, 0.2) is 0 Å². The molecule has 0 amide bonds. The van der Waals surface area contributed by atoms with E-state index in [9.17, 15) is 0 Å². The summed E-state index contributed by atoms with van der Waals surface area (Å²) in [6.45, 7) is 4.97. The van der Waals surface area contributed by atoms with Crippen LogP contribution in [-0.2, 0) is 0 Å². The highest BCUT2D eigenvalue weighted by atomic mass is 32.1. The Morgan fingerprint density at radius 3 is 2.83 bits per heavy atom. The molecule has 0 saturated heterocycles. The average Bonchev–Trinajstić information content (AvgIpc) is 2.47. The fourth-order valence-corrected chi connectivity index (χ4v) is 1.78. The van der Waals surface area contributed by atoms with Crippen LogP contribution in [0, 0.1) is 6.92 Å². The van der Waals surface area contributed by atoms with Gasteiger partial charge < -0.3 is 5.73 Å². The van der Waals surface area contributed by atoms with Crippen LogP contribution in [0.4, 0.5) is 0 Å². The molecule has 0 aromatic carbocycles. The second-order valence-electron chi connectivity index (χ2n) is 2.74. The van der Waals surface area contributed by atoms with Gasteiger partial charge in [-0.15, -0.1) is 0 Å². The van der Waals surface area contributed by atoms with Crippen LogP contribution >= 0.6 is 11.3 Å². The maximum Gasteiger partial charge on any atom is 0.126 e. The van der Waals surface area contributed by atoms with Gasteiger partial charge in [-0.05, 0) is 24.3 Å². The Morgan fingerprint density at radius 2 is 2.33 bits per heavy atom. The zero-order valence-corrected chi connectivity index (χ0v) is 8.32. The predicted octanol–water partition coefficient (Wildman–Crippen LogP) is 2.17. The molecule has 0 unspecified atom stereocenters. The predicted molar refractivity (Wildman–Crippen MR) is 54.9 cm³/mol. The molecule has 1 heterocycles. The minimum Gasteiger partial charge on any atom is -0.383 e. The summed E-state index contributed by atoms with van der Waals surface area (Å²) in [7, 11) is 0. The summed E-state index contributed by atoms with van der Waals surface area (Å²) in [5.41, 5.74) is 8.09. The van der Waals surface area contributed by atoms with Gasteiger partial charge in [0.25, 0.3) is 0 Å². The van der Waals surface area contributed by atoms with E-state index in [1.54, 1.807) is 11.3 Å². The van der Waals surface area contributed by atoms with Gasteiger partial charge in [0.1, 0.15) is 5.84 Å². The van der Waals surface area contributed by atoms with Crippen molar-refractivity contribution in [1.82, 2.24) is 0 Å². The molecule has 3 heteroatoms. The van der Waals surface area contributed by atoms with E-state index < -0.39 is 0 Å². The average molecular weight is 182 g/mol. The third-order valence-corrected chi connectivity index (χ3v) is 2.50. The summed E-state index contributed by atoms with van der Waals surface area (Å²) >= 11 is 1.67. The van der Waals surface area contributed by atoms with Crippen molar-refractivity contribution < 1.29 is 0 Å². The van der Waals surface area contributed by atoms with Crippen molar-refractivity contribution in [2.45, 2.75) is 20.3 Å². The van der Waals surface area contributed by atoms with Crippen molar-refractivity contribution in [3.05, 3.63) is 21.9 Å². The molecule has 0 fully saturated rings. The lowest BCUT2D eigenvalue weighted by Gasteiger charge is -1.98. The van der Waals surface area contributed by atoms with Crippen molar-refractivity contribution >= 4 is 17.2 Å². The largest absolute Gasteiger partial charge is 0.383 e. The van der Waals surface area contributed by atoms with Crippen molar-refractivity contribution in [2.75, 3.05) is 6.54 Å². The van der Waals surface area contributed by atoms with Gasteiger partial charge in [0.05, 0.1) is 0 Å². The van der Waals surface area contributed by atoms with Gasteiger partial charge in [-0.2, -0.15) is 11.3 Å². The summed E-state index contributed by atoms with van der Waals surface area (Å²) in [5, 5.41) is 4.13. The van der Waals surface area contributed by atoms with E-state index in [4.69, 9.17) is 5.73 Å². The van der Waals surface area contributed by atoms with Crippen molar-refractivity contribution in [3.63, 3.8) is 0 Å². The standard InChI is InChI=1S/C9H14N2S/c1-3-4-11-9(10)8-6-12-5-7(8)2/h5-6H,3-4H2,1-2H3,(H2,10,11). The third kappa shape index (κ3) is 2.08. The van der Waals surface area contributed by atoms with Crippen LogP contribution in [0.15, 0.2) is 15.8 Å². The summed E-state index contributed by atoms with van der Waals surface area (Å²) in [6.07, 6.45) is 1.05. The molecule has 0 spiro atoms. The van der Waals surface area contributed by atoms with E-state index in [0.29, 0.717) is 5.84 Å². The van der Waals surface area contributed by atoms with Crippen LogP contribution in [0.5, 0.6) is 0 Å². The number of aryl methyl sites for hydroxylation is 1. The topological polar surface area (TPSA) is 38.4 Å². The van der Waals surface area contributed by atoms with Gasteiger partial charge in [0.2, 0.25) is 0 Å². The molecule has 0 aliphatic heterocycles. The Balaban J connectivity index is 2.77. The summed E-state index contributed by atoms with van der Waals surface area (Å²) in [6, 6.07) is 0.